The van der Waals surface area contributed by atoms with Crippen LogP contribution < -0.4 is 0 Å². The van der Waals surface area contributed by atoms with Crippen molar-refractivity contribution in [2.75, 3.05) is 0 Å². The Labute approximate surface area is 115 Å². The third-order valence-electron chi connectivity index (χ3n) is 3.99. The average molecular weight is 267 g/mol. The van der Waals surface area contributed by atoms with Crippen LogP contribution >= 0.6 is 0 Å². The Kier molecular flexibility index (Phi) is 6.74. The molecule has 0 aromatic carbocycles. The van der Waals surface area contributed by atoms with Gasteiger partial charge in [-0.25, -0.2) is 0 Å². The molecular weight excluding hydrogens is 242 g/mol. The molecule has 1 aliphatic carbocycles. The Bertz CT molecular complexity index is 343. The van der Waals surface area contributed by atoms with Crippen LogP contribution in [0.15, 0.2) is 11.6 Å². The molecule has 0 radical (unpaired) electrons. The molecule has 1 aliphatic rings. The molecule has 4 nitrogen and oxygen atoms in total. The van der Waals surface area contributed by atoms with Crippen molar-refractivity contribution >= 4 is 5.78 Å². The highest BCUT2D eigenvalue weighted by atomic mass is 16.6. The molecule has 0 spiro atoms. The maximum absolute atomic E-state index is 12.0. The fourth-order valence-corrected chi connectivity index (χ4v) is 2.71. The third kappa shape index (κ3) is 5.13. The average Bonchev–Trinajstić information content (AvgIpc) is 2.43. The van der Waals surface area contributed by atoms with Crippen molar-refractivity contribution in [3.8, 4) is 0 Å². The van der Waals surface area contributed by atoms with E-state index in [1.165, 1.54) is 19.3 Å². The topological polar surface area (TPSA) is 60.2 Å². The predicted molar refractivity (Wildman–Crippen MR) is 75.6 cm³/mol. The van der Waals surface area contributed by atoms with Crippen LogP contribution in [0.2, 0.25) is 0 Å². The Balaban J connectivity index is 2.78. The van der Waals surface area contributed by atoms with E-state index in [0.717, 1.165) is 12.8 Å². The number of nitrogens with zero attached hydrogens (tertiary/aromatic N) is 1. The minimum absolute atomic E-state index is 0.0749. The van der Waals surface area contributed by atoms with Crippen LogP contribution in [0.5, 0.6) is 0 Å². The van der Waals surface area contributed by atoms with E-state index in [2.05, 4.69) is 0 Å². The standard InChI is InChI=1S/C15H25NO3/c1-3-14(16(18)19)11-13(15(17)4-2)10-12-8-6-5-7-9-12/h10,12,14H,3-9,11H2,1-2H3/b13-10+. The SMILES string of the molecule is CCC(=O)/C(=C/C1CCCCC1)CC(CC)[N+](=O)[O-]. The van der Waals surface area contributed by atoms with Crippen LogP contribution in [0.3, 0.4) is 0 Å². The minimum atomic E-state index is -0.620. The zero-order valence-electron chi connectivity index (χ0n) is 12.1. The lowest BCUT2D eigenvalue weighted by atomic mass is 9.86. The number of rotatable bonds is 7. The van der Waals surface area contributed by atoms with E-state index in [0.29, 0.717) is 30.8 Å². The number of nitro groups is 1. The number of Topliss-reactive ketones (excluding diaryl/α,β-unsaturated/α-hetero) is 1. The highest BCUT2D eigenvalue weighted by Crippen LogP contribution is 2.27. The molecule has 4 heteroatoms. The summed E-state index contributed by atoms with van der Waals surface area (Å²) in [4.78, 5) is 22.7. The zero-order chi connectivity index (χ0) is 14.3. The van der Waals surface area contributed by atoms with Crippen LogP contribution in [-0.4, -0.2) is 16.7 Å². The van der Waals surface area contributed by atoms with Gasteiger partial charge in [-0.3, -0.25) is 14.9 Å². The van der Waals surface area contributed by atoms with Crippen LogP contribution in [0, 0.1) is 16.0 Å². The van der Waals surface area contributed by atoms with Crippen molar-refractivity contribution in [2.24, 2.45) is 5.92 Å². The molecule has 0 aliphatic heterocycles. The van der Waals surface area contributed by atoms with Gasteiger partial charge < -0.3 is 0 Å². The number of allylic oxidation sites excluding steroid dienone is 1. The molecule has 0 N–H and O–H groups in total. The van der Waals surface area contributed by atoms with Crippen molar-refractivity contribution in [2.45, 2.75) is 71.3 Å². The normalized spacial score (nSPS) is 19.2. The van der Waals surface area contributed by atoms with E-state index in [-0.39, 0.29) is 10.7 Å². The van der Waals surface area contributed by atoms with Gasteiger partial charge in [0, 0.05) is 24.2 Å². The van der Waals surface area contributed by atoms with Crippen molar-refractivity contribution in [1.82, 2.24) is 0 Å². The van der Waals surface area contributed by atoms with Gasteiger partial charge >= 0.3 is 0 Å². The van der Waals surface area contributed by atoms with Gasteiger partial charge in [-0.2, -0.15) is 0 Å². The summed E-state index contributed by atoms with van der Waals surface area (Å²) < 4.78 is 0. The van der Waals surface area contributed by atoms with E-state index in [4.69, 9.17) is 0 Å². The summed E-state index contributed by atoms with van der Waals surface area (Å²) in [7, 11) is 0. The molecule has 1 saturated carbocycles. The zero-order valence-corrected chi connectivity index (χ0v) is 12.1. The van der Waals surface area contributed by atoms with E-state index in [9.17, 15) is 14.9 Å². The van der Waals surface area contributed by atoms with E-state index in [1.807, 2.05) is 19.9 Å². The molecule has 0 saturated heterocycles. The number of hydrogen-bond acceptors (Lipinski definition) is 3. The summed E-state index contributed by atoms with van der Waals surface area (Å²) in [5.41, 5.74) is 0.693. The minimum Gasteiger partial charge on any atom is -0.295 e. The highest BCUT2D eigenvalue weighted by molar-refractivity contribution is 5.95. The molecule has 1 fully saturated rings. The summed E-state index contributed by atoms with van der Waals surface area (Å²) in [6.45, 7) is 3.63. The molecule has 1 atom stereocenters. The van der Waals surface area contributed by atoms with Crippen molar-refractivity contribution in [3.05, 3.63) is 21.8 Å². The highest BCUT2D eigenvalue weighted by Gasteiger charge is 2.23. The third-order valence-corrected chi connectivity index (χ3v) is 3.99. The monoisotopic (exact) mass is 267 g/mol. The maximum atomic E-state index is 12.0. The molecule has 0 aromatic rings. The molecular formula is C15H25NO3. The second-order valence-corrected chi connectivity index (χ2v) is 5.42. The summed E-state index contributed by atoms with van der Waals surface area (Å²) in [5.74, 6) is 0.523. The lowest BCUT2D eigenvalue weighted by molar-refractivity contribution is -0.522. The second-order valence-electron chi connectivity index (χ2n) is 5.42. The Hall–Kier alpha value is -1.19. The van der Waals surface area contributed by atoms with Crippen molar-refractivity contribution in [3.63, 3.8) is 0 Å². The van der Waals surface area contributed by atoms with Gasteiger partial charge in [0.05, 0.1) is 0 Å². The molecule has 0 aromatic heterocycles. The first-order valence-electron chi connectivity index (χ1n) is 7.45. The smallest absolute Gasteiger partial charge is 0.217 e. The molecule has 1 unspecified atom stereocenters. The molecule has 19 heavy (non-hydrogen) atoms. The largest absolute Gasteiger partial charge is 0.295 e. The summed E-state index contributed by atoms with van der Waals surface area (Å²) in [6, 6.07) is -0.620. The molecule has 1 rings (SSSR count). The Morgan fingerprint density at radius 3 is 2.42 bits per heavy atom. The fraction of sp³-hybridized carbons (Fsp3) is 0.800. The summed E-state index contributed by atoms with van der Waals surface area (Å²) >= 11 is 0. The first kappa shape index (κ1) is 15.9. The van der Waals surface area contributed by atoms with E-state index < -0.39 is 6.04 Å². The second kappa shape index (κ2) is 8.08. The fourth-order valence-electron chi connectivity index (χ4n) is 2.71. The number of ketones is 1. The van der Waals surface area contributed by atoms with Gasteiger partial charge in [-0.1, -0.05) is 39.2 Å². The van der Waals surface area contributed by atoms with Gasteiger partial charge in [0.25, 0.3) is 0 Å². The maximum Gasteiger partial charge on any atom is 0.217 e. The van der Waals surface area contributed by atoms with E-state index >= 15 is 0 Å². The molecule has 0 heterocycles. The van der Waals surface area contributed by atoms with Gasteiger partial charge in [0.2, 0.25) is 6.04 Å². The Morgan fingerprint density at radius 2 is 1.95 bits per heavy atom. The Morgan fingerprint density at radius 1 is 1.32 bits per heavy atom. The summed E-state index contributed by atoms with van der Waals surface area (Å²) in [5, 5.41) is 10.9. The van der Waals surface area contributed by atoms with Gasteiger partial charge in [-0.15, -0.1) is 0 Å². The number of carbonyl (C=O) groups excluding carboxylic acids is 1. The summed E-state index contributed by atoms with van der Waals surface area (Å²) in [6.07, 6.45) is 9.18. The molecule has 0 amide bonds. The quantitative estimate of drug-likeness (QED) is 0.399. The first-order chi connectivity index (χ1) is 9.08. The van der Waals surface area contributed by atoms with Crippen LogP contribution in [0.25, 0.3) is 0 Å². The predicted octanol–water partition coefficient (Wildman–Crippen LogP) is 3.92. The lowest BCUT2D eigenvalue weighted by Crippen LogP contribution is -2.21. The van der Waals surface area contributed by atoms with Gasteiger partial charge in [-0.05, 0) is 24.3 Å². The number of carbonyl (C=O) groups is 1. The van der Waals surface area contributed by atoms with Crippen molar-refractivity contribution < 1.29 is 9.72 Å². The van der Waals surface area contributed by atoms with Crippen molar-refractivity contribution in [1.29, 1.82) is 0 Å². The molecule has 108 valence electrons. The van der Waals surface area contributed by atoms with Gasteiger partial charge in [0.1, 0.15) is 0 Å². The van der Waals surface area contributed by atoms with Gasteiger partial charge in [0.15, 0.2) is 5.78 Å². The van der Waals surface area contributed by atoms with Crippen LogP contribution in [0.1, 0.15) is 65.2 Å². The number of hydrogen-bond donors (Lipinski definition) is 0. The van der Waals surface area contributed by atoms with Crippen LogP contribution in [-0.2, 0) is 4.79 Å². The first-order valence-corrected chi connectivity index (χ1v) is 7.45. The van der Waals surface area contributed by atoms with Crippen LogP contribution in [0.4, 0.5) is 0 Å². The molecule has 0 bridgehead atoms. The lowest BCUT2D eigenvalue weighted by Gasteiger charge is -2.20. The van der Waals surface area contributed by atoms with E-state index in [1.54, 1.807) is 0 Å².